The van der Waals surface area contributed by atoms with Crippen molar-refractivity contribution in [3.05, 3.63) is 59.1 Å². The number of halogens is 1. The molecule has 0 aliphatic carbocycles. The summed E-state index contributed by atoms with van der Waals surface area (Å²) in [6.45, 7) is 0.264. The minimum Gasteiger partial charge on any atom is -0.494 e. The van der Waals surface area contributed by atoms with Crippen LogP contribution in [0.2, 0.25) is 5.02 Å². The number of carboxylic acid groups (broad SMARTS) is 1. The molecule has 0 aliphatic rings. The van der Waals surface area contributed by atoms with Crippen LogP contribution in [0.1, 0.15) is 18.0 Å². The number of hydrogen-bond acceptors (Lipinski definition) is 4. The molecule has 2 amide bonds. The lowest BCUT2D eigenvalue weighted by Gasteiger charge is -2.27. The van der Waals surface area contributed by atoms with Crippen LogP contribution >= 0.6 is 11.6 Å². The molecule has 0 radical (unpaired) electrons. The standard InChI is InChI=1S/C20H23ClN2O5/c1-22(2)20(26)28-18-7-5-4-6-16(18)17(23(3)19(24)25)12-13-27-15-10-8-14(21)9-11-15/h4-11,17H,12-13H2,1-3H3,(H,24,25). The summed E-state index contributed by atoms with van der Waals surface area (Å²) in [4.78, 5) is 26.0. The first kappa shape index (κ1) is 21.4. The second kappa shape index (κ2) is 9.85. The van der Waals surface area contributed by atoms with Crippen LogP contribution in [0.5, 0.6) is 11.5 Å². The van der Waals surface area contributed by atoms with Crippen molar-refractivity contribution in [2.45, 2.75) is 12.5 Å². The van der Waals surface area contributed by atoms with E-state index in [-0.39, 0.29) is 6.61 Å². The van der Waals surface area contributed by atoms with Gasteiger partial charge in [-0.25, -0.2) is 9.59 Å². The fraction of sp³-hybridized carbons (Fsp3) is 0.300. The molecule has 0 saturated heterocycles. The van der Waals surface area contributed by atoms with Crippen LogP contribution in [0.4, 0.5) is 9.59 Å². The van der Waals surface area contributed by atoms with Crippen molar-refractivity contribution in [3.8, 4) is 11.5 Å². The molecule has 1 atom stereocenters. The zero-order valence-corrected chi connectivity index (χ0v) is 16.7. The molecule has 0 aromatic heterocycles. The van der Waals surface area contributed by atoms with Gasteiger partial charge in [0.1, 0.15) is 11.5 Å². The number of hydrogen-bond donors (Lipinski definition) is 1. The smallest absolute Gasteiger partial charge is 0.414 e. The van der Waals surface area contributed by atoms with Gasteiger partial charge in [0, 0.05) is 38.1 Å². The lowest BCUT2D eigenvalue weighted by molar-refractivity contribution is 0.128. The highest BCUT2D eigenvalue weighted by molar-refractivity contribution is 6.30. The van der Waals surface area contributed by atoms with E-state index in [4.69, 9.17) is 21.1 Å². The summed E-state index contributed by atoms with van der Waals surface area (Å²) in [5, 5.41) is 10.1. The quantitative estimate of drug-likeness (QED) is 0.731. The predicted molar refractivity (Wildman–Crippen MR) is 106 cm³/mol. The van der Waals surface area contributed by atoms with Gasteiger partial charge in [-0.15, -0.1) is 0 Å². The maximum absolute atomic E-state index is 12.0. The molecule has 1 unspecified atom stereocenters. The van der Waals surface area contributed by atoms with Gasteiger partial charge in [-0.3, -0.25) is 0 Å². The van der Waals surface area contributed by atoms with E-state index < -0.39 is 18.2 Å². The number of ether oxygens (including phenoxy) is 2. The van der Waals surface area contributed by atoms with Crippen LogP contribution in [-0.4, -0.2) is 54.8 Å². The van der Waals surface area contributed by atoms with E-state index in [1.165, 1.54) is 16.8 Å². The van der Waals surface area contributed by atoms with Crippen LogP contribution in [0, 0.1) is 0 Å². The summed E-state index contributed by atoms with van der Waals surface area (Å²) in [6, 6.07) is 13.2. The third-order valence-corrected chi connectivity index (χ3v) is 4.34. The normalized spacial score (nSPS) is 11.4. The molecular formula is C20H23ClN2O5. The van der Waals surface area contributed by atoms with Crippen molar-refractivity contribution >= 4 is 23.8 Å². The molecular weight excluding hydrogens is 384 g/mol. The summed E-state index contributed by atoms with van der Waals surface area (Å²) >= 11 is 5.86. The minimum atomic E-state index is -1.09. The van der Waals surface area contributed by atoms with Crippen LogP contribution in [0.25, 0.3) is 0 Å². The number of carbonyl (C=O) groups is 2. The van der Waals surface area contributed by atoms with Gasteiger partial charge in [-0.05, 0) is 30.3 Å². The number of benzene rings is 2. The van der Waals surface area contributed by atoms with Gasteiger partial charge in [0.25, 0.3) is 0 Å². The van der Waals surface area contributed by atoms with Crippen molar-refractivity contribution in [2.24, 2.45) is 0 Å². The highest BCUT2D eigenvalue weighted by atomic mass is 35.5. The van der Waals surface area contributed by atoms with Gasteiger partial charge in [0.05, 0.1) is 12.6 Å². The van der Waals surface area contributed by atoms with E-state index in [1.807, 2.05) is 0 Å². The summed E-state index contributed by atoms with van der Waals surface area (Å²) in [6.07, 6.45) is -1.27. The summed E-state index contributed by atoms with van der Waals surface area (Å²) < 4.78 is 11.1. The highest BCUT2D eigenvalue weighted by Gasteiger charge is 2.25. The van der Waals surface area contributed by atoms with Crippen LogP contribution in [-0.2, 0) is 0 Å². The molecule has 8 heteroatoms. The van der Waals surface area contributed by atoms with Crippen LogP contribution < -0.4 is 9.47 Å². The number of para-hydroxylation sites is 1. The summed E-state index contributed by atoms with van der Waals surface area (Å²) in [5.74, 6) is 0.944. The largest absolute Gasteiger partial charge is 0.494 e. The third-order valence-electron chi connectivity index (χ3n) is 4.08. The third kappa shape index (κ3) is 5.79. The maximum Gasteiger partial charge on any atom is 0.414 e. The lowest BCUT2D eigenvalue weighted by atomic mass is 10.0. The Bertz CT molecular complexity index is 810. The fourth-order valence-corrected chi connectivity index (χ4v) is 2.67. The molecule has 0 spiro atoms. The fourth-order valence-electron chi connectivity index (χ4n) is 2.54. The average Bonchev–Trinajstić information content (AvgIpc) is 2.66. The van der Waals surface area contributed by atoms with Crippen molar-refractivity contribution in [3.63, 3.8) is 0 Å². The average molecular weight is 407 g/mol. The Labute approximate surface area is 169 Å². The number of amides is 2. The summed E-state index contributed by atoms with van der Waals surface area (Å²) in [5.41, 5.74) is 0.585. The SMILES string of the molecule is CN(C)C(=O)Oc1ccccc1C(CCOc1ccc(Cl)cc1)N(C)C(=O)O. The van der Waals surface area contributed by atoms with Gasteiger partial charge in [-0.2, -0.15) is 0 Å². The Morgan fingerprint density at radius 2 is 1.71 bits per heavy atom. The first-order chi connectivity index (χ1) is 13.3. The van der Waals surface area contributed by atoms with E-state index >= 15 is 0 Å². The Kier molecular flexibility index (Phi) is 7.52. The Morgan fingerprint density at radius 3 is 2.32 bits per heavy atom. The van der Waals surface area contributed by atoms with E-state index in [1.54, 1.807) is 62.6 Å². The van der Waals surface area contributed by atoms with Crippen molar-refractivity contribution in [1.82, 2.24) is 9.80 Å². The topological polar surface area (TPSA) is 79.3 Å². The molecule has 0 saturated carbocycles. The molecule has 0 bridgehead atoms. The van der Waals surface area contributed by atoms with Crippen molar-refractivity contribution in [1.29, 1.82) is 0 Å². The Hall–Kier alpha value is -2.93. The number of rotatable bonds is 7. The van der Waals surface area contributed by atoms with E-state index in [2.05, 4.69) is 0 Å². The van der Waals surface area contributed by atoms with Gasteiger partial charge < -0.3 is 24.4 Å². The maximum atomic E-state index is 12.0. The number of nitrogens with zero attached hydrogens (tertiary/aromatic N) is 2. The van der Waals surface area contributed by atoms with E-state index in [0.717, 1.165) is 0 Å². The zero-order valence-electron chi connectivity index (χ0n) is 16.0. The Balaban J connectivity index is 2.20. The molecule has 28 heavy (non-hydrogen) atoms. The molecule has 1 N–H and O–H groups in total. The van der Waals surface area contributed by atoms with Crippen molar-refractivity contribution < 1.29 is 24.2 Å². The number of carbonyl (C=O) groups excluding carboxylic acids is 1. The minimum absolute atomic E-state index is 0.264. The van der Waals surface area contributed by atoms with E-state index in [9.17, 15) is 14.7 Å². The molecule has 0 aliphatic heterocycles. The van der Waals surface area contributed by atoms with Gasteiger partial charge in [0.2, 0.25) is 0 Å². The van der Waals surface area contributed by atoms with Crippen molar-refractivity contribution in [2.75, 3.05) is 27.7 Å². The molecule has 2 aromatic carbocycles. The van der Waals surface area contributed by atoms with Gasteiger partial charge in [0.15, 0.2) is 0 Å². The van der Waals surface area contributed by atoms with Gasteiger partial charge >= 0.3 is 12.2 Å². The molecule has 2 rings (SSSR count). The lowest BCUT2D eigenvalue weighted by Crippen LogP contribution is -2.32. The molecule has 2 aromatic rings. The summed E-state index contributed by atoms with van der Waals surface area (Å²) in [7, 11) is 4.62. The second-order valence-corrected chi connectivity index (χ2v) is 6.74. The highest BCUT2D eigenvalue weighted by Crippen LogP contribution is 2.32. The zero-order chi connectivity index (χ0) is 20.7. The van der Waals surface area contributed by atoms with Gasteiger partial charge in [-0.1, -0.05) is 29.8 Å². The molecule has 7 nitrogen and oxygen atoms in total. The Morgan fingerprint density at radius 1 is 1.07 bits per heavy atom. The second-order valence-electron chi connectivity index (χ2n) is 6.30. The monoisotopic (exact) mass is 406 g/mol. The molecule has 150 valence electrons. The first-order valence-electron chi connectivity index (χ1n) is 8.61. The molecule has 0 heterocycles. The van der Waals surface area contributed by atoms with Crippen LogP contribution in [0.15, 0.2) is 48.5 Å². The predicted octanol–water partition coefficient (Wildman–Crippen LogP) is 4.52. The molecule has 0 fully saturated rings. The van der Waals surface area contributed by atoms with Crippen LogP contribution in [0.3, 0.4) is 0 Å². The first-order valence-corrected chi connectivity index (χ1v) is 8.99. The van der Waals surface area contributed by atoms with E-state index in [0.29, 0.717) is 28.5 Å².